The van der Waals surface area contributed by atoms with Crippen molar-refractivity contribution >= 4 is 122 Å². The molecule has 1 aliphatic carbocycles. The fourth-order valence-electron chi connectivity index (χ4n) is 18.5. The number of benzene rings is 13. The summed E-state index contributed by atoms with van der Waals surface area (Å²) in [6.45, 7) is 19.1. The van der Waals surface area contributed by atoms with E-state index in [1.165, 1.54) is 99.9 Å². The van der Waals surface area contributed by atoms with E-state index in [0.717, 1.165) is 74.0 Å². The summed E-state index contributed by atoms with van der Waals surface area (Å²) in [6, 6.07) is 164. The summed E-state index contributed by atoms with van der Waals surface area (Å²) in [5, 5.41) is 8.68. The van der Waals surface area contributed by atoms with Crippen molar-refractivity contribution in [2.75, 3.05) is 0 Å². The quantitative estimate of drug-likeness (QED) is 0.0497. The summed E-state index contributed by atoms with van der Waals surface area (Å²) < 4.78 is 8.66. The molecule has 0 bridgehead atoms. The second-order valence-electron chi connectivity index (χ2n) is 39.9. The molecule has 6 aromatic heterocycles. The molecule has 20 rings (SSSR count). The van der Waals surface area contributed by atoms with Crippen LogP contribution in [0.3, 0.4) is 0 Å². The molecule has 3 radical (unpaired) electrons. The van der Waals surface area contributed by atoms with Crippen LogP contribution in [0, 0.1) is 42.3 Å². The second-order valence-corrected chi connectivity index (χ2v) is 80.7. The predicted molar refractivity (Wildman–Crippen MR) is 615 cm³/mol. The molecule has 13 aromatic carbocycles. The van der Waals surface area contributed by atoms with E-state index >= 15 is 0 Å². The number of hydrogen-bond acceptors (Lipinski definition) is 6. The Bertz CT molecular complexity index is 6760. The van der Waals surface area contributed by atoms with Crippen molar-refractivity contribution in [2.45, 2.75) is 126 Å². The average molecular weight is 2640 g/mol. The Hall–Kier alpha value is -11.0. The van der Waals surface area contributed by atoms with Gasteiger partial charge in [0.25, 0.3) is 0 Å². The van der Waals surface area contributed by atoms with Gasteiger partial charge in [0, 0.05) is 78.9 Å². The molecule has 0 saturated heterocycles. The number of hydrogen-bond donors (Lipinski definition) is 0. The summed E-state index contributed by atoms with van der Waals surface area (Å²) in [7, 11) is -5.24. The summed E-state index contributed by atoms with van der Waals surface area (Å²) in [4.78, 5) is 28.4. The van der Waals surface area contributed by atoms with Crippen molar-refractivity contribution in [3.05, 3.63) is 497 Å². The monoisotopic (exact) mass is 2650 g/mol. The smallest absolute Gasteiger partial charge is 0 e. The minimum atomic E-state index is -2.21. The molecule has 144 heavy (non-hydrogen) atoms. The van der Waals surface area contributed by atoms with Crippen LogP contribution in [0.5, 0.6) is 0 Å². The minimum absolute atomic E-state index is 0. The van der Waals surface area contributed by atoms with E-state index in [1.807, 2.05) is 115 Å². The zero-order valence-corrected chi connectivity index (χ0v) is 102. The van der Waals surface area contributed by atoms with Gasteiger partial charge in [0.1, 0.15) is 24.2 Å². The molecule has 0 spiro atoms. The first-order valence-electron chi connectivity index (χ1n) is 49.4. The van der Waals surface area contributed by atoms with Gasteiger partial charge in [0.05, 0.1) is 0 Å². The molecule has 0 N–H and O–H groups in total. The normalized spacial score (nSPS) is 11.9. The molecule has 0 unspecified atom stereocenters. The first-order chi connectivity index (χ1) is 68.3. The first-order valence-corrected chi connectivity index (χ1v) is 77.3. The van der Waals surface area contributed by atoms with Crippen LogP contribution in [0.4, 0.5) is 0 Å². The van der Waals surface area contributed by atoms with Crippen LogP contribution in [-0.2, 0) is 66.7 Å². The summed E-state index contributed by atoms with van der Waals surface area (Å²) in [6.07, 6.45) is 19.0. The minimum Gasteiger partial charge on any atom is 0 e. The third kappa shape index (κ3) is 29.1. The van der Waals surface area contributed by atoms with Gasteiger partial charge in [-0.25, -0.2) is 0 Å². The van der Waals surface area contributed by atoms with Crippen molar-refractivity contribution < 1.29 is 60.3 Å². The molecule has 19 aromatic rings. The van der Waals surface area contributed by atoms with Crippen LogP contribution in [0.1, 0.15) is 56.6 Å². The van der Waals surface area contributed by atoms with Gasteiger partial charge in [-0.3, -0.25) is 0 Å². The van der Waals surface area contributed by atoms with Crippen LogP contribution in [0.25, 0.3) is 78.7 Å². The van der Waals surface area contributed by atoms with Crippen molar-refractivity contribution in [2.24, 2.45) is 5.92 Å². The van der Waals surface area contributed by atoms with E-state index in [-0.39, 0.29) is 60.3 Å². The maximum atomic E-state index is 4.88. The topological polar surface area (TPSA) is 77.3 Å². The summed E-state index contributed by atoms with van der Waals surface area (Å²) in [5.74, 6) is 15.8. The van der Waals surface area contributed by atoms with Crippen molar-refractivity contribution in [3.63, 3.8) is 0 Å². The van der Waals surface area contributed by atoms with Crippen molar-refractivity contribution in [1.29, 1.82) is 0 Å². The van der Waals surface area contributed by atoms with Gasteiger partial charge in [0.2, 0.25) is 0 Å². The predicted octanol–water partition coefficient (Wildman–Crippen LogP) is 24.7. The van der Waals surface area contributed by atoms with Crippen molar-refractivity contribution in [3.8, 4) is 78.7 Å². The van der Waals surface area contributed by atoms with Gasteiger partial charge in [0.15, 0.2) is 0 Å². The fraction of sp³-hybridized carbons (Fsp3) is 0.163. The Labute approximate surface area is 909 Å². The molecule has 15 heteroatoms. The number of rotatable bonds is 22. The van der Waals surface area contributed by atoms with Gasteiger partial charge in [-0.15, -0.1) is 107 Å². The molecular weight excluding hydrogens is 2510 g/mol. The molecule has 0 aliphatic heterocycles. The van der Waals surface area contributed by atoms with Crippen LogP contribution in [0.15, 0.2) is 450 Å². The maximum Gasteiger partial charge on any atom is 0 e. The first kappa shape index (κ1) is 112. The Balaban J connectivity index is 0.000000154. The third-order valence-electron chi connectivity index (χ3n) is 27.7. The molecule has 0 atom stereocenters. The van der Waals surface area contributed by atoms with Gasteiger partial charge in [-0.2, -0.15) is 0 Å². The SMILES string of the molecule is CC(C)Cc1cc(-c2[c-]cccc2)ncc1[Si](C)(C)c1ccccc1.C[Si](C)(c1ccccc1)c1ccc(-c2[c-]ccc(-c3ccccc3)c2)nc1.C[Si](C)(c1ccccc1)c1cnc(-c2[c-]cccc2)cc1C1CCCC1.[CH3][Ge]([CH3])([c]1ccccc1)[c]1ccc(-c2[c-]cccc2)nc1.[CH3][Ge]([CH3])([c]1ccccc1)[c]1ccc(-c2[c-]cccc2)nc1.[CH3][Ge]([CH3])([c]1ccccc1)[c]1ccc(-c2[c-]cccc2)nc1.[Ir].[Ir].[Ir]. The van der Waals surface area contributed by atoms with Gasteiger partial charge in [-0.1, -0.05) is 238 Å². The van der Waals surface area contributed by atoms with E-state index in [9.17, 15) is 0 Å². The summed E-state index contributed by atoms with van der Waals surface area (Å²) >= 11 is -6.64. The van der Waals surface area contributed by atoms with E-state index in [1.54, 1.807) is 5.56 Å². The molecule has 6 nitrogen and oxygen atoms in total. The molecule has 731 valence electrons. The van der Waals surface area contributed by atoms with Crippen LogP contribution in [-0.4, -0.2) is 93.9 Å². The molecule has 1 saturated carbocycles. The largest absolute Gasteiger partial charge is 0 e. The molecule has 0 amide bonds. The molecule has 1 fully saturated rings. The van der Waals surface area contributed by atoms with E-state index in [4.69, 9.17) is 15.0 Å². The molecular formula is C129H128Ge3Ir3N6Si3-6. The van der Waals surface area contributed by atoms with Gasteiger partial charge in [-0.05, 0) is 69.3 Å². The zero-order valence-electron chi connectivity index (χ0n) is 85.1. The van der Waals surface area contributed by atoms with Crippen LogP contribution in [0.2, 0.25) is 73.8 Å². The number of aromatic nitrogens is 6. The van der Waals surface area contributed by atoms with E-state index in [0.29, 0.717) is 11.8 Å². The Kier molecular flexibility index (Phi) is 41.4. The summed E-state index contributed by atoms with van der Waals surface area (Å²) in [5.41, 5.74) is 17.8. The Morgan fingerprint density at radius 1 is 0.257 bits per heavy atom. The Morgan fingerprint density at radius 2 is 0.556 bits per heavy atom. The van der Waals surface area contributed by atoms with Crippen LogP contribution >= 0.6 is 0 Å². The zero-order chi connectivity index (χ0) is 98.7. The van der Waals surface area contributed by atoms with Gasteiger partial charge >= 0.3 is 386 Å². The third-order valence-corrected chi connectivity index (χ3v) is 60.5. The number of nitrogens with zero attached hydrogens (tertiary/aromatic N) is 6. The van der Waals surface area contributed by atoms with Crippen molar-refractivity contribution in [1.82, 2.24) is 29.9 Å². The fourth-order valence-corrected chi connectivity index (χ4v) is 40.3. The molecule has 6 heterocycles. The Morgan fingerprint density at radius 3 is 0.896 bits per heavy atom. The van der Waals surface area contributed by atoms with Gasteiger partial charge < -0.3 is 15.0 Å². The van der Waals surface area contributed by atoms with Crippen LogP contribution < -0.4 is 57.5 Å². The standard InChI is InChI=1S/C25H22NSi.C24H26NSi.C23H26NSi.3C19H18GeN.3Ir/c1-27(2,23-14-7-4-8-15-23)24-16-17-25(26-19-24)22-13-9-12-21(18-22)20-10-5-3-6-11-20;1-26(2,21-15-7-4-8-16-21)24-18-25-23(20-13-5-3-6-14-20)17-22(24)19-11-9-10-12-19;1-18(2)15-20-16-22(19-11-7-5-8-12-19)24-17-23(20)25(3,4)21-13-9-6-10-14-21;3*1-20(2,17-11-7-4-8-12-17)18-13-14-19(21-15-18)16-9-5-3-6-10-16;;;/h3-12,14-19H,1-2H3;3-8,13,15-19H,9-12H2,1-2H3;5-11,13-14,16-18H,15H2,1-4H3;3*3-9,11-15H,1-2H3;;;/q6*-1;;;. The molecule has 1 aliphatic rings. The number of pyridine rings is 6. The second kappa shape index (κ2) is 53.4. The van der Waals surface area contributed by atoms with E-state index < -0.39 is 64.0 Å². The maximum absolute atomic E-state index is 4.88. The van der Waals surface area contributed by atoms with E-state index in [2.05, 4.69) is 473 Å². The average Bonchev–Trinajstić information content (AvgIpc) is 1.22.